The normalized spacial score (nSPS) is 11.4. The van der Waals surface area contributed by atoms with Crippen LogP contribution < -0.4 is 10.1 Å². The van der Waals surface area contributed by atoms with E-state index in [2.05, 4.69) is 30.4 Å². The van der Waals surface area contributed by atoms with Gasteiger partial charge in [-0.1, -0.05) is 12.1 Å². The first-order valence-corrected chi connectivity index (χ1v) is 7.94. The highest BCUT2D eigenvalue weighted by molar-refractivity contribution is 5.96. The van der Waals surface area contributed by atoms with Gasteiger partial charge in [0.25, 0.3) is 5.91 Å². The Balaban J connectivity index is 1.71. The summed E-state index contributed by atoms with van der Waals surface area (Å²) < 4.78 is 41.3. The minimum absolute atomic E-state index is 0.0334. The zero-order valence-corrected chi connectivity index (χ0v) is 14.4. The van der Waals surface area contributed by atoms with E-state index in [4.69, 9.17) is 0 Å². The van der Waals surface area contributed by atoms with Gasteiger partial charge in [0.2, 0.25) is 0 Å². The summed E-state index contributed by atoms with van der Waals surface area (Å²) in [5, 5.41) is 16.5. The number of hydrogen-bond acceptors (Lipinski definition) is 4. The third kappa shape index (κ3) is 4.27. The number of para-hydroxylation sites is 1. The van der Waals surface area contributed by atoms with Crippen molar-refractivity contribution in [1.29, 1.82) is 0 Å². The van der Waals surface area contributed by atoms with Crippen LogP contribution in [0.3, 0.4) is 0 Å². The van der Waals surface area contributed by atoms with E-state index >= 15 is 0 Å². The molecule has 2 heterocycles. The molecule has 3 N–H and O–H groups in total. The van der Waals surface area contributed by atoms with Gasteiger partial charge in [-0.15, -0.1) is 13.2 Å². The fraction of sp³-hybridized carbons (Fsp3) is 0.235. The molecule has 0 aliphatic heterocycles. The number of H-pyrrole nitrogens is 2. The van der Waals surface area contributed by atoms with Crippen LogP contribution in [-0.2, 0) is 6.54 Å². The zero-order chi connectivity index (χ0) is 19.6. The standard InChI is InChI=1S/C17H16F3N5O2/c1-9-15(10(2)23-22-9)13-7-11(24-25-13)8-21-16(26)12-5-3-4-6-14(12)27-17(18,19)20/h3-7H,8H2,1-2H3,(H,21,26)(H,22,23)(H,24,25). The number of halogens is 3. The molecule has 1 aromatic carbocycles. The molecule has 0 spiro atoms. The summed E-state index contributed by atoms with van der Waals surface area (Å²) in [5.41, 5.74) is 3.57. The number of aromatic amines is 2. The number of rotatable bonds is 5. The smallest absolute Gasteiger partial charge is 0.405 e. The van der Waals surface area contributed by atoms with E-state index in [-0.39, 0.29) is 12.1 Å². The molecule has 0 unspecified atom stereocenters. The van der Waals surface area contributed by atoms with Crippen LogP contribution in [0.2, 0.25) is 0 Å². The summed E-state index contributed by atoms with van der Waals surface area (Å²) in [6.07, 6.45) is -4.88. The van der Waals surface area contributed by atoms with Gasteiger partial charge in [-0.25, -0.2) is 0 Å². The molecule has 142 valence electrons. The van der Waals surface area contributed by atoms with Crippen LogP contribution in [0.4, 0.5) is 13.2 Å². The number of carbonyl (C=O) groups is 1. The molecule has 0 saturated heterocycles. The molecular formula is C17H16F3N5O2. The molecule has 0 bridgehead atoms. The van der Waals surface area contributed by atoms with Crippen molar-refractivity contribution >= 4 is 5.91 Å². The van der Waals surface area contributed by atoms with Crippen LogP contribution >= 0.6 is 0 Å². The molecule has 7 nitrogen and oxygen atoms in total. The Hall–Kier alpha value is -3.30. The molecule has 10 heteroatoms. The number of nitrogens with zero attached hydrogens (tertiary/aromatic N) is 2. The average molecular weight is 379 g/mol. The Bertz CT molecular complexity index is 942. The fourth-order valence-corrected chi connectivity index (χ4v) is 2.66. The van der Waals surface area contributed by atoms with Gasteiger partial charge in [0.1, 0.15) is 5.75 Å². The van der Waals surface area contributed by atoms with Gasteiger partial charge in [0, 0.05) is 11.3 Å². The van der Waals surface area contributed by atoms with E-state index in [0.717, 1.165) is 28.7 Å². The fourth-order valence-electron chi connectivity index (χ4n) is 2.66. The van der Waals surface area contributed by atoms with Gasteiger partial charge in [0.05, 0.1) is 29.2 Å². The van der Waals surface area contributed by atoms with Gasteiger partial charge >= 0.3 is 6.36 Å². The second-order valence-corrected chi connectivity index (χ2v) is 5.81. The van der Waals surface area contributed by atoms with Crippen LogP contribution in [0.15, 0.2) is 30.3 Å². The van der Waals surface area contributed by atoms with Crippen LogP contribution in [-0.4, -0.2) is 32.7 Å². The second kappa shape index (κ2) is 7.14. The van der Waals surface area contributed by atoms with Gasteiger partial charge < -0.3 is 10.1 Å². The van der Waals surface area contributed by atoms with Gasteiger partial charge in [-0.05, 0) is 32.0 Å². The Kier molecular flexibility index (Phi) is 4.89. The highest BCUT2D eigenvalue weighted by Crippen LogP contribution is 2.26. The lowest BCUT2D eigenvalue weighted by Crippen LogP contribution is -2.25. The first kappa shape index (κ1) is 18.5. The number of benzene rings is 1. The lowest BCUT2D eigenvalue weighted by molar-refractivity contribution is -0.274. The SMILES string of the molecule is Cc1n[nH]c(C)c1-c1cc(CNC(=O)c2ccccc2OC(F)(F)F)n[nH]1. The summed E-state index contributed by atoms with van der Waals surface area (Å²) in [6, 6.07) is 6.88. The van der Waals surface area contributed by atoms with Crippen molar-refractivity contribution in [1.82, 2.24) is 25.7 Å². The number of carbonyl (C=O) groups excluding carboxylic acids is 1. The van der Waals surface area contributed by atoms with E-state index in [0.29, 0.717) is 5.69 Å². The number of amides is 1. The summed E-state index contributed by atoms with van der Waals surface area (Å²) >= 11 is 0. The lowest BCUT2D eigenvalue weighted by Gasteiger charge is -2.12. The number of nitrogens with one attached hydrogen (secondary N) is 3. The van der Waals surface area contributed by atoms with Crippen molar-refractivity contribution < 1.29 is 22.7 Å². The van der Waals surface area contributed by atoms with E-state index in [1.165, 1.54) is 18.2 Å². The number of alkyl halides is 3. The molecule has 0 radical (unpaired) electrons. The summed E-state index contributed by atoms with van der Waals surface area (Å²) in [7, 11) is 0. The summed E-state index contributed by atoms with van der Waals surface area (Å²) in [5.74, 6) is -1.26. The molecule has 0 aliphatic rings. The zero-order valence-electron chi connectivity index (χ0n) is 14.4. The Labute approximate surface area is 151 Å². The predicted octanol–water partition coefficient (Wildman–Crippen LogP) is 3.25. The third-order valence-corrected chi connectivity index (χ3v) is 3.82. The number of aromatic nitrogens is 4. The first-order valence-electron chi connectivity index (χ1n) is 7.94. The number of hydrogen-bond donors (Lipinski definition) is 3. The molecular weight excluding hydrogens is 363 g/mol. The summed E-state index contributed by atoms with van der Waals surface area (Å²) in [6.45, 7) is 3.75. The number of ether oxygens (including phenoxy) is 1. The van der Waals surface area contributed by atoms with Crippen LogP contribution in [0, 0.1) is 13.8 Å². The lowest BCUT2D eigenvalue weighted by atomic mass is 10.1. The Morgan fingerprint density at radius 1 is 1.19 bits per heavy atom. The third-order valence-electron chi connectivity index (χ3n) is 3.82. The molecule has 0 aliphatic carbocycles. The van der Waals surface area contributed by atoms with Gasteiger partial charge in [-0.2, -0.15) is 10.2 Å². The summed E-state index contributed by atoms with van der Waals surface area (Å²) in [4.78, 5) is 12.3. The van der Waals surface area contributed by atoms with E-state index in [9.17, 15) is 18.0 Å². The van der Waals surface area contributed by atoms with E-state index in [1.807, 2.05) is 13.8 Å². The highest BCUT2D eigenvalue weighted by Gasteiger charge is 2.32. The maximum Gasteiger partial charge on any atom is 0.573 e. The van der Waals surface area contributed by atoms with Crippen molar-refractivity contribution in [3.8, 4) is 17.0 Å². The molecule has 2 aromatic heterocycles. The quantitative estimate of drug-likeness (QED) is 0.634. The monoisotopic (exact) mass is 379 g/mol. The van der Waals surface area contributed by atoms with Crippen molar-refractivity contribution in [3.63, 3.8) is 0 Å². The molecule has 0 atom stereocenters. The van der Waals surface area contributed by atoms with Crippen molar-refractivity contribution in [3.05, 3.63) is 53.0 Å². The van der Waals surface area contributed by atoms with E-state index in [1.54, 1.807) is 6.07 Å². The van der Waals surface area contributed by atoms with Crippen LogP contribution in [0.1, 0.15) is 27.4 Å². The van der Waals surface area contributed by atoms with Crippen LogP contribution in [0.25, 0.3) is 11.3 Å². The first-order chi connectivity index (χ1) is 12.7. The molecule has 3 rings (SSSR count). The molecule has 27 heavy (non-hydrogen) atoms. The molecule has 1 amide bonds. The van der Waals surface area contributed by atoms with Crippen molar-refractivity contribution in [2.75, 3.05) is 0 Å². The highest BCUT2D eigenvalue weighted by atomic mass is 19.4. The predicted molar refractivity (Wildman–Crippen MR) is 89.9 cm³/mol. The largest absolute Gasteiger partial charge is 0.573 e. The average Bonchev–Trinajstić information content (AvgIpc) is 3.18. The number of aryl methyl sites for hydroxylation is 2. The Morgan fingerprint density at radius 3 is 2.59 bits per heavy atom. The molecule has 3 aromatic rings. The Morgan fingerprint density at radius 2 is 1.93 bits per heavy atom. The topological polar surface area (TPSA) is 95.7 Å². The minimum atomic E-state index is -4.88. The van der Waals surface area contributed by atoms with Crippen molar-refractivity contribution in [2.24, 2.45) is 0 Å². The van der Waals surface area contributed by atoms with Crippen LogP contribution in [0.5, 0.6) is 5.75 Å². The second-order valence-electron chi connectivity index (χ2n) is 5.81. The van der Waals surface area contributed by atoms with Gasteiger partial charge in [-0.3, -0.25) is 15.0 Å². The minimum Gasteiger partial charge on any atom is -0.405 e. The maximum atomic E-state index is 12.5. The van der Waals surface area contributed by atoms with E-state index < -0.39 is 18.0 Å². The van der Waals surface area contributed by atoms with Gasteiger partial charge in [0.15, 0.2) is 0 Å². The maximum absolute atomic E-state index is 12.5. The molecule has 0 saturated carbocycles. The molecule has 0 fully saturated rings. The van der Waals surface area contributed by atoms with Crippen molar-refractivity contribution in [2.45, 2.75) is 26.8 Å².